The Labute approximate surface area is 94.1 Å². The van der Waals surface area contributed by atoms with Crippen LogP contribution in [0.5, 0.6) is 0 Å². The third-order valence-electron chi connectivity index (χ3n) is 2.51. The van der Waals surface area contributed by atoms with Gasteiger partial charge >= 0.3 is 0 Å². The van der Waals surface area contributed by atoms with Crippen LogP contribution < -0.4 is 15.5 Å². The fraction of sp³-hybridized carbons (Fsp3) is 0.500. The van der Waals surface area contributed by atoms with Crippen molar-refractivity contribution in [3.63, 3.8) is 0 Å². The molecular weight excluding hydrogens is 206 g/mol. The minimum Gasteiger partial charge on any atom is -0.357 e. The van der Waals surface area contributed by atoms with Crippen LogP contribution in [-0.2, 0) is 4.79 Å². The molecule has 1 aliphatic heterocycles. The number of hydrogen-bond acceptors (Lipinski definition) is 5. The molecule has 16 heavy (non-hydrogen) atoms. The lowest BCUT2D eigenvalue weighted by Crippen LogP contribution is -2.48. The van der Waals surface area contributed by atoms with Gasteiger partial charge in [0, 0.05) is 31.9 Å². The highest BCUT2D eigenvalue weighted by Crippen LogP contribution is 2.18. The van der Waals surface area contributed by atoms with Crippen molar-refractivity contribution in [1.29, 1.82) is 0 Å². The van der Waals surface area contributed by atoms with E-state index in [9.17, 15) is 4.79 Å². The Morgan fingerprint density at radius 1 is 1.56 bits per heavy atom. The van der Waals surface area contributed by atoms with Crippen LogP contribution in [0.25, 0.3) is 0 Å². The molecule has 2 N–H and O–H groups in total. The number of aromatic nitrogens is 2. The predicted molar refractivity (Wildman–Crippen MR) is 61.5 cm³/mol. The molecule has 1 amide bonds. The van der Waals surface area contributed by atoms with Crippen LogP contribution >= 0.6 is 0 Å². The number of carbonyl (C=O) groups is 1. The maximum Gasteiger partial charge on any atom is 0.239 e. The maximum absolute atomic E-state index is 11.3. The molecule has 1 aliphatic rings. The van der Waals surface area contributed by atoms with Crippen LogP contribution in [0.3, 0.4) is 0 Å². The third kappa shape index (κ3) is 2.05. The summed E-state index contributed by atoms with van der Waals surface area (Å²) in [4.78, 5) is 21.8. The van der Waals surface area contributed by atoms with E-state index in [1.807, 2.05) is 11.8 Å². The molecule has 0 radical (unpaired) electrons. The van der Waals surface area contributed by atoms with Crippen molar-refractivity contribution in [2.45, 2.75) is 6.92 Å². The van der Waals surface area contributed by atoms with E-state index in [1.54, 1.807) is 13.2 Å². The molecule has 0 aromatic carbocycles. The number of piperazine rings is 1. The zero-order valence-corrected chi connectivity index (χ0v) is 9.45. The average molecular weight is 221 g/mol. The summed E-state index contributed by atoms with van der Waals surface area (Å²) in [6.45, 7) is 3.76. The molecule has 6 heteroatoms. The highest BCUT2D eigenvalue weighted by Gasteiger charge is 2.19. The molecule has 6 nitrogen and oxygen atoms in total. The van der Waals surface area contributed by atoms with Gasteiger partial charge in [-0.15, -0.1) is 0 Å². The van der Waals surface area contributed by atoms with Gasteiger partial charge in [-0.05, 0) is 6.92 Å². The number of nitrogens with zero attached hydrogens (tertiary/aromatic N) is 3. The van der Waals surface area contributed by atoms with E-state index in [4.69, 9.17) is 0 Å². The lowest BCUT2D eigenvalue weighted by Gasteiger charge is -2.28. The van der Waals surface area contributed by atoms with E-state index in [0.29, 0.717) is 19.0 Å². The second-order valence-corrected chi connectivity index (χ2v) is 3.72. The van der Waals surface area contributed by atoms with Crippen molar-refractivity contribution < 1.29 is 4.79 Å². The molecule has 1 aromatic rings. The summed E-state index contributed by atoms with van der Waals surface area (Å²) in [5, 5.41) is 5.69. The van der Waals surface area contributed by atoms with Crippen molar-refractivity contribution in [3.05, 3.63) is 11.8 Å². The van der Waals surface area contributed by atoms with Crippen molar-refractivity contribution >= 4 is 17.7 Å². The number of aryl methyl sites for hydroxylation is 1. The molecule has 2 heterocycles. The van der Waals surface area contributed by atoms with E-state index in [-0.39, 0.29) is 5.91 Å². The molecule has 0 spiro atoms. The van der Waals surface area contributed by atoms with Gasteiger partial charge in [0.1, 0.15) is 5.82 Å². The number of hydrogen-bond donors (Lipinski definition) is 2. The van der Waals surface area contributed by atoms with Gasteiger partial charge < -0.3 is 15.5 Å². The molecule has 0 aliphatic carbocycles. The summed E-state index contributed by atoms with van der Waals surface area (Å²) in [6, 6.07) is 0. The molecule has 0 saturated carbocycles. The lowest BCUT2D eigenvalue weighted by molar-refractivity contribution is -0.120. The Hall–Kier alpha value is -1.85. The van der Waals surface area contributed by atoms with E-state index in [2.05, 4.69) is 20.6 Å². The predicted octanol–water partition coefficient (Wildman–Crippen LogP) is -0.237. The third-order valence-corrected chi connectivity index (χ3v) is 2.51. The largest absolute Gasteiger partial charge is 0.357 e. The van der Waals surface area contributed by atoms with E-state index in [0.717, 1.165) is 17.9 Å². The van der Waals surface area contributed by atoms with Gasteiger partial charge in [-0.2, -0.15) is 4.98 Å². The van der Waals surface area contributed by atoms with Crippen molar-refractivity contribution in [1.82, 2.24) is 15.3 Å². The zero-order valence-electron chi connectivity index (χ0n) is 9.45. The van der Waals surface area contributed by atoms with Gasteiger partial charge in [-0.3, -0.25) is 4.79 Å². The van der Waals surface area contributed by atoms with Crippen LogP contribution in [0.1, 0.15) is 5.56 Å². The van der Waals surface area contributed by atoms with Crippen LogP contribution in [0.15, 0.2) is 6.20 Å². The smallest absolute Gasteiger partial charge is 0.239 e. The first-order valence-electron chi connectivity index (χ1n) is 5.23. The molecule has 0 bridgehead atoms. The van der Waals surface area contributed by atoms with Crippen molar-refractivity contribution in [3.8, 4) is 0 Å². The minimum atomic E-state index is 0.0373. The van der Waals surface area contributed by atoms with Gasteiger partial charge in [0.15, 0.2) is 0 Å². The molecule has 1 aromatic heterocycles. The fourth-order valence-electron chi connectivity index (χ4n) is 1.69. The minimum absolute atomic E-state index is 0.0373. The number of carbonyl (C=O) groups excluding carboxylic acids is 1. The van der Waals surface area contributed by atoms with Crippen LogP contribution in [0.4, 0.5) is 11.8 Å². The standard InChI is InChI=1S/C10H15N5O/c1-7-5-13-10(11-2)14-9(7)15-4-3-12-8(16)6-15/h5H,3-4,6H2,1-2H3,(H,12,16)(H,11,13,14). The van der Waals surface area contributed by atoms with Crippen LogP contribution in [-0.4, -0.2) is 42.6 Å². The first-order valence-corrected chi connectivity index (χ1v) is 5.23. The SMILES string of the molecule is CNc1ncc(C)c(N2CCNC(=O)C2)n1. The molecule has 0 atom stereocenters. The topological polar surface area (TPSA) is 70.2 Å². The Morgan fingerprint density at radius 2 is 2.38 bits per heavy atom. The highest BCUT2D eigenvalue weighted by molar-refractivity contribution is 5.82. The number of anilines is 2. The Balaban J connectivity index is 2.27. The van der Waals surface area contributed by atoms with Crippen molar-refractivity contribution in [2.75, 3.05) is 36.9 Å². The summed E-state index contributed by atoms with van der Waals surface area (Å²) in [7, 11) is 1.78. The van der Waals surface area contributed by atoms with Gasteiger partial charge in [0.25, 0.3) is 0 Å². The second-order valence-electron chi connectivity index (χ2n) is 3.72. The van der Waals surface area contributed by atoms with E-state index in [1.165, 1.54) is 0 Å². The summed E-state index contributed by atoms with van der Waals surface area (Å²) in [6.07, 6.45) is 1.76. The summed E-state index contributed by atoms with van der Waals surface area (Å²) in [5.41, 5.74) is 0.980. The Bertz CT molecular complexity index is 406. The molecule has 1 saturated heterocycles. The Kier molecular flexibility index (Phi) is 2.89. The van der Waals surface area contributed by atoms with Gasteiger partial charge in [-0.1, -0.05) is 0 Å². The molecule has 2 rings (SSSR count). The molecule has 1 fully saturated rings. The first-order chi connectivity index (χ1) is 7.70. The maximum atomic E-state index is 11.3. The van der Waals surface area contributed by atoms with Gasteiger partial charge in [0.2, 0.25) is 11.9 Å². The molecular formula is C10H15N5O. The summed E-state index contributed by atoms with van der Waals surface area (Å²) < 4.78 is 0. The van der Waals surface area contributed by atoms with Crippen LogP contribution in [0.2, 0.25) is 0 Å². The van der Waals surface area contributed by atoms with Gasteiger partial charge in [0.05, 0.1) is 6.54 Å². The molecule has 0 unspecified atom stereocenters. The average Bonchev–Trinajstić information content (AvgIpc) is 2.30. The van der Waals surface area contributed by atoms with Crippen molar-refractivity contribution in [2.24, 2.45) is 0 Å². The normalized spacial score (nSPS) is 15.9. The molecule has 86 valence electrons. The highest BCUT2D eigenvalue weighted by atomic mass is 16.2. The second kappa shape index (κ2) is 4.34. The summed E-state index contributed by atoms with van der Waals surface area (Å²) >= 11 is 0. The van der Waals surface area contributed by atoms with E-state index < -0.39 is 0 Å². The number of nitrogens with one attached hydrogen (secondary N) is 2. The summed E-state index contributed by atoms with van der Waals surface area (Å²) in [5.74, 6) is 1.44. The zero-order chi connectivity index (χ0) is 11.5. The lowest BCUT2D eigenvalue weighted by atomic mass is 10.3. The number of rotatable bonds is 2. The number of amides is 1. The quantitative estimate of drug-likeness (QED) is 0.721. The van der Waals surface area contributed by atoms with Gasteiger partial charge in [-0.25, -0.2) is 4.98 Å². The van der Waals surface area contributed by atoms with Crippen LogP contribution in [0, 0.1) is 6.92 Å². The first kappa shape index (κ1) is 10.7. The Morgan fingerprint density at radius 3 is 3.06 bits per heavy atom. The van der Waals surface area contributed by atoms with E-state index >= 15 is 0 Å². The fourth-order valence-corrected chi connectivity index (χ4v) is 1.69. The monoisotopic (exact) mass is 221 g/mol.